The zero-order chi connectivity index (χ0) is 15.2. The molecule has 1 unspecified atom stereocenters. The summed E-state index contributed by atoms with van der Waals surface area (Å²) in [6.45, 7) is 2.10. The molecule has 1 fully saturated rings. The van der Waals surface area contributed by atoms with E-state index in [1.54, 1.807) is 6.07 Å². The summed E-state index contributed by atoms with van der Waals surface area (Å²) in [6, 6.07) is 6.76. The van der Waals surface area contributed by atoms with E-state index in [0.29, 0.717) is 17.2 Å². The van der Waals surface area contributed by atoms with E-state index in [0.717, 1.165) is 6.42 Å². The maximum atomic E-state index is 11.2. The number of hydrogen-bond acceptors (Lipinski definition) is 4. The van der Waals surface area contributed by atoms with E-state index in [4.69, 9.17) is 5.26 Å². The van der Waals surface area contributed by atoms with Crippen LogP contribution >= 0.6 is 0 Å². The monoisotopic (exact) mass is 287 g/mol. The van der Waals surface area contributed by atoms with Gasteiger partial charge in [-0.05, 0) is 37.3 Å². The molecule has 1 aliphatic rings. The number of benzene rings is 1. The molecule has 21 heavy (non-hydrogen) atoms. The Hall–Kier alpha value is -2.09. The smallest absolute Gasteiger partial charge is 0.292 e. The Morgan fingerprint density at radius 2 is 2.14 bits per heavy atom. The van der Waals surface area contributed by atoms with Crippen LogP contribution in [0.5, 0.6) is 0 Å². The maximum absolute atomic E-state index is 11.2. The minimum absolute atomic E-state index is 0.0447. The quantitative estimate of drug-likeness (QED) is 0.649. The average Bonchev–Trinajstić information content (AvgIpc) is 2.53. The van der Waals surface area contributed by atoms with Crippen LogP contribution in [0.15, 0.2) is 18.2 Å². The van der Waals surface area contributed by atoms with E-state index in [1.165, 1.54) is 44.2 Å². The minimum atomic E-state index is -0.392. The van der Waals surface area contributed by atoms with Gasteiger partial charge in [-0.2, -0.15) is 5.26 Å². The third-order valence-corrected chi connectivity index (χ3v) is 4.32. The van der Waals surface area contributed by atoms with Crippen molar-refractivity contribution >= 4 is 11.4 Å². The van der Waals surface area contributed by atoms with E-state index in [-0.39, 0.29) is 11.7 Å². The van der Waals surface area contributed by atoms with Gasteiger partial charge in [0.05, 0.1) is 16.6 Å². The fourth-order valence-corrected chi connectivity index (χ4v) is 3.17. The van der Waals surface area contributed by atoms with Crippen molar-refractivity contribution in [3.8, 4) is 6.07 Å². The summed E-state index contributed by atoms with van der Waals surface area (Å²) in [4.78, 5) is 10.8. The molecule has 5 nitrogen and oxygen atoms in total. The Morgan fingerprint density at radius 3 is 2.71 bits per heavy atom. The Morgan fingerprint density at radius 1 is 1.43 bits per heavy atom. The van der Waals surface area contributed by atoms with E-state index in [1.807, 2.05) is 6.07 Å². The molecule has 1 N–H and O–H groups in total. The number of hydrogen-bond donors (Lipinski definition) is 1. The number of nitrogens with zero attached hydrogens (tertiary/aromatic N) is 2. The lowest BCUT2D eigenvalue weighted by Gasteiger charge is -2.30. The van der Waals surface area contributed by atoms with E-state index >= 15 is 0 Å². The standard InChI is InChI=1S/C16H21N3O2/c1-2-14(13-6-4-3-5-7-13)18-15-10-12(11-17)8-9-16(15)19(20)21/h8-10,13-14,18H,2-7H2,1H3. The maximum Gasteiger partial charge on any atom is 0.292 e. The van der Waals surface area contributed by atoms with Gasteiger partial charge < -0.3 is 5.32 Å². The summed E-state index contributed by atoms with van der Waals surface area (Å²) in [6.07, 6.45) is 7.05. The van der Waals surface area contributed by atoms with Gasteiger partial charge in [0.2, 0.25) is 0 Å². The fourth-order valence-electron chi connectivity index (χ4n) is 3.17. The van der Waals surface area contributed by atoms with Crippen LogP contribution in [0.4, 0.5) is 11.4 Å². The van der Waals surface area contributed by atoms with Crippen molar-refractivity contribution in [2.45, 2.75) is 51.5 Å². The molecule has 0 aromatic heterocycles. The van der Waals surface area contributed by atoms with Crippen molar-refractivity contribution in [2.75, 3.05) is 5.32 Å². The summed E-state index contributed by atoms with van der Waals surface area (Å²) in [5.41, 5.74) is 0.960. The molecule has 0 aliphatic heterocycles. The molecule has 1 aromatic rings. The molecular weight excluding hydrogens is 266 g/mol. The first kappa shape index (κ1) is 15.3. The van der Waals surface area contributed by atoms with Crippen molar-refractivity contribution in [3.63, 3.8) is 0 Å². The van der Waals surface area contributed by atoms with Crippen LogP contribution in [-0.4, -0.2) is 11.0 Å². The molecule has 1 saturated carbocycles. The summed E-state index contributed by atoms with van der Waals surface area (Å²) in [5.74, 6) is 0.564. The molecule has 0 amide bonds. The zero-order valence-corrected chi connectivity index (χ0v) is 12.3. The Kier molecular flexibility index (Phi) is 5.15. The first-order valence-electron chi connectivity index (χ1n) is 7.60. The number of nitro groups is 1. The molecular formula is C16H21N3O2. The number of anilines is 1. The molecule has 2 rings (SSSR count). The van der Waals surface area contributed by atoms with E-state index in [9.17, 15) is 10.1 Å². The number of nitriles is 1. The largest absolute Gasteiger partial charge is 0.376 e. The topological polar surface area (TPSA) is 79.0 Å². The van der Waals surface area contributed by atoms with Gasteiger partial charge in [-0.25, -0.2) is 0 Å². The predicted molar refractivity (Wildman–Crippen MR) is 82.1 cm³/mol. The molecule has 0 spiro atoms. The van der Waals surface area contributed by atoms with Gasteiger partial charge in [-0.15, -0.1) is 0 Å². The van der Waals surface area contributed by atoms with E-state index in [2.05, 4.69) is 12.2 Å². The molecule has 112 valence electrons. The molecule has 1 aromatic carbocycles. The van der Waals surface area contributed by atoms with Crippen molar-refractivity contribution in [1.29, 1.82) is 5.26 Å². The highest BCUT2D eigenvalue weighted by atomic mass is 16.6. The van der Waals surface area contributed by atoms with Crippen LogP contribution in [0, 0.1) is 27.4 Å². The summed E-state index contributed by atoms with van der Waals surface area (Å²) in [7, 11) is 0. The first-order valence-corrected chi connectivity index (χ1v) is 7.60. The Labute approximate surface area is 125 Å². The molecule has 0 radical (unpaired) electrons. The predicted octanol–water partition coefficient (Wildman–Crippen LogP) is 4.24. The summed E-state index contributed by atoms with van der Waals surface area (Å²) < 4.78 is 0. The van der Waals surface area contributed by atoms with Crippen LogP contribution < -0.4 is 5.32 Å². The van der Waals surface area contributed by atoms with Gasteiger partial charge in [-0.1, -0.05) is 26.2 Å². The fraction of sp³-hybridized carbons (Fsp3) is 0.562. The molecule has 1 aliphatic carbocycles. The van der Waals surface area contributed by atoms with Gasteiger partial charge in [0.15, 0.2) is 0 Å². The lowest BCUT2D eigenvalue weighted by Crippen LogP contribution is -2.30. The van der Waals surface area contributed by atoms with Crippen molar-refractivity contribution in [3.05, 3.63) is 33.9 Å². The van der Waals surface area contributed by atoms with Crippen molar-refractivity contribution < 1.29 is 4.92 Å². The number of nitro benzene ring substituents is 1. The highest BCUT2D eigenvalue weighted by molar-refractivity contribution is 5.64. The highest BCUT2D eigenvalue weighted by Crippen LogP contribution is 2.32. The average molecular weight is 287 g/mol. The van der Waals surface area contributed by atoms with Crippen LogP contribution in [0.1, 0.15) is 51.0 Å². The van der Waals surface area contributed by atoms with Gasteiger partial charge >= 0.3 is 0 Å². The second kappa shape index (κ2) is 7.07. The van der Waals surface area contributed by atoms with Gasteiger partial charge in [0, 0.05) is 12.1 Å². The number of nitrogens with one attached hydrogen (secondary N) is 1. The van der Waals surface area contributed by atoms with Crippen LogP contribution in [0.3, 0.4) is 0 Å². The third kappa shape index (κ3) is 3.72. The Balaban J connectivity index is 2.23. The van der Waals surface area contributed by atoms with Gasteiger partial charge in [0.1, 0.15) is 5.69 Å². The van der Waals surface area contributed by atoms with E-state index < -0.39 is 4.92 Å². The lowest BCUT2D eigenvalue weighted by atomic mass is 9.83. The molecule has 1 atom stereocenters. The normalized spacial score (nSPS) is 17.0. The van der Waals surface area contributed by atoms with Crippen molar-refractivity contribution in [1.82, 2.24) is 0 Å². The number of rotatable bonds is 5. The van der Waals surface area contributed by atoms with Crippen molar-refractivity contribution in [2.24, 2.45) is 5.92 Å². The SMILES string of the molecule is CCC(Nc1cc(C#N)ccc1[N+](=O)[O-])C1CCCCC1. The molecule has 0 saturated heterocycles. The summed E-state index contributed by atoms with van der Waals surface area (Å²) in [5, 5.41) is 23.5. The van der Waals surface area contributed by atoms with Crippen LogP contribution in [0.2, 0.25) is 0 Å². The molecule has 0 bridgehead atoms. The minimum Gasteiger partial charge on any atom is -0.376 e. The second-order valence-corrected chi connectivity index (χ2v) is 5.66. The summed E-state index contributed by atoms with van der Waals surface area (Å²) >= 11 is 0. The Bertz CT molecular complexity index is 545. The second-order valence-electron chi connectivity index (χ2n) is 5.66. The van der Waals surface area contributed by atoms with Crippen LogP contribution in [-0.2, 0) is 0 Å². The van der Waals surface area contributed by atoms with Crippen LogP contribution in [0.25, 0.3) is 0 Å². The lowest BCUT2D eigenvalue weighted by molar-refractivity contribution is -0.384. The first-order chi connectivity index (χ1) is 10.2. The zero-order valence-electron chi connectivity index (χ0n) is 12.3. The third-order valence-electron chi connectivity index (χ3n) is 4.32. The molecule has 5 heteroatoms. The van der Waals surface area contributed by atoms with Gasteiger partial charge in [-0.3, -0.25) is 10.1 Å². The molecule has 0 heterocycles. The van der Waals surface area contributed by atoms with Gasteiger partial charge in [0.25, 0.3) is 5.69 Å². The highest BCUT2D eigenvalue weighted by Gasteiger charge is 2.24.